The number of halogens is 1. The Balaban J connectivity index is 1.56. The molecular weight excluding hydrogens is 332 g/mol. The average Bonchev–Trinajstić information content (AvgIpc) is 3.16. The molecule has 1 aromatic carbocycles. The first kappa shape index (κ1) is 16.7. The Labute approximate surface area is 146 Å². The minimum atomic E-state index is 0.104. The monoisotopic (exact) mass is 352 g/mol. The van der Waals surface area contributed by atoms with Crippen LogP contribution in [0.25, 0.3) is 0 Å². The van der Waals surface area contributed by atoms with E-state index in [1.54, 1.807) is 4.90 Å². The first-order valence-corrected chi connectivity index (χ1v) is 9.46. The van der Waals surface area contributed by atoms with E-state index >= 15 is 0 Å². The lowest BCUT2D eigenvalue weighted by molar-refractivity contribution is -0.132. The fraction of sp³-hybridized carbons (Fsp3) is 0.529. The van der Waals surface area contributed by atoms with Gasteiger partial charge in [0, 0.05) is 42.9 Å². The van der Waals surface area contributed by atoms with Crippen molar-refractivity contribution in [3.05, 3.63) is 34.9 Å². The third kappa shape index (κ3) is 4.01. The van der Waals surface area contributed by atoms with Crippen LogP contribution >= 0.6 is 23.4 Å². The smallest absolute Gasteiger partial charge is 0.281 e. The van der Waals surface area contributed by atoms with E-state index in [4.69, 9.17) is 11.6 Å². The van der Waals surface area contributed by atoms with Gasteiger partial charge in [-0.3, -0.25) is 9.59 Å². The predicted octanol–water partition coefficient (Wildman–Crippen LogP) is 3.43. The van der Waals surface area contributed by atoms with Crippen molar-refractivity contribution in [2.75, 3.05) is 25.4 Å². The lowest BCUT2D eigenvalue weighted by atomic mass is 10.0. The van der Waals surface area contributed by atoms with E-state index < -0.39 is 0 Å². The van der Waals surface area contributed by atoms with Crippen LogP contribution < -0.4 is 0 Å². The van der Waals surface area contributed by atoms with Gasteiger partial charge in [-0.1, -0.05) is 41.6 Å². The number of benzene rings is 1. The van der Waals surface area contributed by atoms with Gasteiger partial charge in [0.15, 0.2) is 0 Å². The number of hydrogen-bond acceptors (Lipinski definition) is 3. The fourth-order valence-electron chi connectivity index (χ4n) is 3.30. The SMILES string of the molecule is O=C1SCCN1CCC(=O)N1CCC[C@@H]1Cc1ccccc1Cl. The third-order valence-corrected chi connectivity index (χ3v) is 5.81. The van der Waals surface area contributed by atoms with Crippen LogP contribution in [0.2, 0.25) is 5.02 Å². The van der Waals surface area contributed by atoms with E-state index in [9.17, 15) is 9.59 Å². The van der Waals surface area contributed by atoms with Gasteiger partial charge in [0.1, 0.15) is 0 Å². The molecule has 1 atom stereocenters. The summed E-state index contributed by atoms with van der Waals surface area (Å²) in [7, 11) is 0. The second kappa shape index (κ2) is 7.58. The number of carbonyl (C=O) groups is 2. The molecule has 0 radical (unpaired) electrons. The zero-order chi connectivity index (χ0) is 16.2. The van der Waals surface area contributed by atoms with Crippen LogP contribution in [0.5, 0.6) is 0 Å². The van der Waals surface area contributed by atoms with Gasteiger partial charge in [-0.05, 0) is 30.9 Å². The second-order valence-electron chi connectivity index (χ2n) is 6.03. The van der Waals surface area contributed by atoms with Gasteiger partial charge in [0.2, 0.25) is 5.91 Å². The second-order valence-corrected chi connectivity index (χ2v) is 7.48. The highest BCUT2D eigenvalue weighted by molar-refractivity contribution is 8.13. The quantitative estimate of drug-likeness (QED) is 0.815. The van der Waals surface area contributed by atoms with Gasteiger partial charge < -0.3 is 9.80 Å². The minimum absolute atomic E-state index is 0.104. The molecule has 0 unspecified atom stereocenters. The summed E-state index contributed by atoms with van der Waals surface area (Å²) >= 11 is 7.58. The van der Waals surface area contributed by atoms with Crippen molar-refractivity contribution in [3.8, 4) is 0 Å². The highest BCUT2D eigenvalue weighted by Crippen LogP contribution is 2.25. The van der Waals surface area contributed by atoms with E-state index in [-0.39, 0.29) is 17.2 Å². The summed E-state index contributed by atoms with van der Waals surface area (Å²) in [6.07, 6.45) is 3.30. The summed E-state index contributed by atoms with van der Waals surface area (Å²) in [4.78, 5) is 27.9. The van der Waals surface area contributed by atoms with Gasteiger partial charge >= 0.3 is 0 Å². The molecule has 0 spiro atoms. The molecule has 4 nitrogen and oxygen atoms in total. The molecule has 3 rings (SSSR count). The molecule has 0 N–H and O–H groups in total. The Bertz CT molecular complexity index is 596. The molecule has 0 bridgehead atoms. The third-order valence-electron chi connectivity index (χ3n) is 4.55. The van der Waals surface area contributed by atoms with E-state index in [0.29, 0.717) is 13.0 Å². The Kier molecular flexibility index (Phi) is 5.49. The molecule has 0 aromatic heterocycles. The van der Waals surface area contributed by atoms with Crippen LogP contribution in [-0.4, -0.2) is 52.4 Å². The maximum absolute atomic E-state index is 12.5. The zero-order valence-corrected chi connectivity index (χ0v) is 14.6. The van der Waals surface area contributed by atoms with Gasteiger partial charge in [0.05, 0.1) is 0 Å². The van der Waals surface area contributed by atoms with Crippen LogP contribution in [0.4, 0.5) is 4.79 Å². The number of amides is 2. The summed E-state index contributed by atoms with van der Waals surface area (Å²) in [5, 5.41) is 0.873. The van der Waals surface area contributed by atoms with Crippen LogP contribution in [0, 0.1) is 0 Å². The molecule has 2 aliphatic rings. The summed E-state index contributed by atoms with van der Waals surface area (Å²) in [5.74, 6) is 0.996. The van der Waals surface area contributed by atoms with Crippen LogP contribution in [0.15, 0.2) is 24.3 Å². The summed E-state index contributed by atoms with van der Waals surface area (Å²) in [6, 6.07) is 8.07. The first-order chi connectivity index (χ1) is 11.1. The Morgan fingerprint density at radius 2 is 2.13 bits per heavy atom. The van der Waals surface area contributed by atoms with Gasteiger partial charge in [-0.15, -0.1) is 0 Å². The van der Waals surface area contributed by atoms with Crippen molar-refractivity contribution < 1.29 is 9.59 Å². The van der Waals surface area contributed by atoms with E-state index in [1.165, 1.54) is 11.8 Å². The average molecular weight is 353 g/mol. The number of rotatable bonds is 5. The summed E-state index contributed by atoms with van der Waals surface area (Å²) in [5.41, 5.74) is 1.10. The molecule has 2 saturated heterocycles. The topological polar surface area (TPSA) is 40.6 Å². The number of nitrogens with zero attached hydrogens (tertiary/aromatic N) is 2. The minimum Gasteiger partial charge on any atom is -0.339 e. The Morgan fingerprint density at radius 1 is 1.30 bits per heavy atom. The molecule has 0 aliphatic carbocycles. The normalized spacial score (nSPS) is 21.3. The highest BCUT2D eigenvalue weighted by Gasteiger charge is 2.30. The predicted molar refractivity (Wildman–Crippen MR) is 93.9 cm³/mol. The molecule has 2 fully saturated rings. The first-order valence-electron chi connectivity index (χ1n) is 8.10. The maximum atomic E-state index is 12.5. The molecule has 6 heteroatoms. The number of carbonyl (C=O) groups excluding carboxylic acids is 2. The lowest BCUT2D eigenvalue weighted by Crippen LogP contribution is -2.39. The Morgan fingerprint density at radius 3 is 2.87 bits per heavy atom. The van der Waals surface area contributed by atoms with Gasteiger partial charge in [-0.2, -0.15) is 0 Å². The summed E-state index contributed by atoms with van der Waals surface area (Å²) in [6.45, 7) is 2.12. The lowest BCUT2D eigenvalue weighted by Gasteiger charge is -2.26. The van der Waals surface area contributed by atoms with Crippen molar-refractivity contribution in [2.24, 2.45) is 0 Å². The van der Waals surface area contributed by atoms with Crippen molar-refractivity contribution in [1.82, 2.24) is 9.80 Å². The number of thioether (sulfide) groups is 1. The maximum Gasteiger partial charge on any atom is 0.281 e. The molecule has 0 saturated carbocycles. The molecule has 2 aliphatic heterocycles. The standard InChI is InChI=1S/C17H21ClN2O2S/c18-15-6-2-1-4-13(15)12-14-5-3-8-20(14)16(21)7-9-19-10-11-23-17(19)22/h1-2,4,6,14H,3,5,7-12H2/t14-/m1/s1. The highest BCUT2D eigenvalue weighted by atomic mass is 35.5. The number of likely N-dealkylation sites (tertiary alicyclic amines) is 1. The van der Waals surface area contributed by atoms with E-state index in [2.05, 4.69) is 0 Å². The van der Waals surface area contributed by atoms with E-state index in [1.807, 2.05) is 29.2 Å². The van der Waals surface area contributed by atoms with Crippen molar-refractivity contribution >= 4 is 34.5 Å². The molecule has 2 amide bonds. The molecule has 23 heavy (non-hydrogen) atoms. The van der Waals surface area contributed by atoms with E-state index in [0.717, 1.165) is 48.7 Å². The van der Waals surface area contributed by atoms with Crippen LogP contribution in [-0.2, 0) is 11.2 Å². The van der Waals surface area contributed by atoms with Gasteiger partial charge in [-0.25, -0.2) is 0 Å². The summed E-state index contributed by atoms with van der Waals surface area (Å²) < 4.78 is 0. The van der Waals surface area contributed by atoms with Crippen LogP contribution in [0.1, 0.15) is 24.8 Å². The van der Waals surface area contributed by atoms with Crippen molar-refractivity contribution in [2.45, 2.75) is 31.7 Å². The Hall–Kier alpha value is -1.20. The molecule has 1 aromatic rings. The van der Waals surface area contributed by atoms with Crippen molar-refractivity contribution in [1.29, 1.82) is 0 Å². The molecular formula is C17H21ClN2O2S. The zero-order valence-electron chi connectivity index (χ0n) is 13.0. The molecule has 2 heterocycles. The molecule has 124 valence electrons. The van der Waals surface area contributed by atoms with Crippen LogP contribution in [0.3, 0.4) is 0 Å². The number of hydrogen-bond donors (Lipinski definition) is 0. The van der Waals surface area contributed by atoms with Crippen molar-refractivity contribution in [3.63, 3.8) is 0 Å². The largest absolute Gasteiger partial charge is 0.339 e. The fourth-order valence-corrected chi connectivity index (χ4v) is 4.36. The van der Waals surface area contributed by atoms with Gasteiger partial charge in [0.25, 0.3) is 5.24 Å².